The zero-order chi connectivity index (χ0) is 34.4. The summed E-state index contributed by atoms with van der Waals surface area (Å²) >= 11 is 0.901. The Morgan fingerprint density at radius 2 is 1.63 bits per heavy atom. The first-order chi connectivity index (χ1) is 23.8. The minimum Gasteiger partial charge on any atom is -0.325 e. The number of para-hydroxylation sites is 3. The van der Waals surface area contributed by atoms with Crippen molar-refractivity contribution in [3.63, 3.8) is 0 Å². The molecule has 0 fully saturated rings. The number of azo groups is 1. The van der Waals surface area contributed by atoms with Crippen molar-refractivity contribution >= 4 is 51.0 Å². The molecule has 0 saturated carbocycles. The maximum absolute atomic E-state index is 13.6. The number of sulfonamides is 1. The summed E-state index contributed by atoms with van der Waals surface area (Å²) in [5.41, 5.74) is 1.06. The van der Waals surface area contributed by atoms with Crippen LogP contribution < -0.4 is 10.2 Å². The number of nitrogens with zero attached hydrogens (tertiary/aromatic N) is 8. The Kier molecular flexibility index (Phi) is 9.45. The molecule has 242 valence electrons. The summed E-state index contributed by atoms with van der Waals surface area (Å²) in [4.78, 5) is 23.9. The molecule has 4 aromatic carbocycles. The van der Waals surface area contributed by atoms with E-state index in [0.717, 1.165) is 16.3 Å². The summed E-state index contributed by atoms with van der Waals surface area (Å²) in [6, 6.07) is 30.9. The molecule has 16 heteroatoms. The number of nitriles is 2. The van der Waals surface area contributed by atoms with Gasteiger partial charge in [0.1, 0.15) is 22.6 Å². The van der Waals surface area contributed by atoms with E-state index in [4.69, 9.17) is 9.22 Å². The minimum absolute atomic E-state index is 0.0233. The highest BCUT2D eigenvalue weighted by Gasteiger charge is 2.38. The van der Waals surface area contributed by atoms with E-state index in [1.54, 1.807) is 84.9 Å². The maximum Gasteiger partial charge on any atom is 0.267 e. The van der Waals surface area contributed by atoms with Gasteiger partial charge in [0.25, 0.3) is 15.9 Å². The molecule has 1 N–H and O–H groups in total. The molecule has 1 unspecified atom stereocenters. The average Bonchev–Trinajstić information content (AvgIpc) is 3.54. The SMILES string of the molecule is CN1C(C(N=Nc2nn(-c3ccc(SOOc4ccccc4)cc3C#N)cc2C#N)C(=O)Nc2ccccc2)=Nc2ccccc2S1(=O)=O. The first-order valence-electron chi connectivity index (χ1n) is 14.3. The van der Waals surface area contributed by atoms with Crippen LogP contribution in [0.2, 0.25) is 0 Å². The van der Waals surface area contributed by atoms with Crippen LogP contribution in [0.3, 0.4) is 0 Å². The van der Waals surface area contributed by atoms with Gasteiger partial charge in [-0.1, -0.05) is 48.5 Å². The number of benzene rings is 4. The number of rotatable bonds is 10. The van der Waals surface area contributed by atoms with Crippen LogP contribution in [0.15, 0.2) is 134 Å². The monoisotopic (exact) mass is 689 g/mol. The number of hydrogen-bond acceptors (Lipinski definition) is 12. The average molecular weight is 690 g/mol. The third-order valence-corrected chi connectivity index (χ3v) is 9.41. The molecular formula is C33H23N9O5S2. The summed E-state index contributed by atoms with van der Waals surface area (Å²) in [7, 11) is -2.81. The van der Waals surface area contributed by atoms with Gasteiger partial charge in [-0.25, -0.2) is 18.1 Å². The zero-order valence-electron chi connectivity index (χ0n) is 25.4. The van der Waals surface area contributed by atoms with Gasteiger partial charge in [0.15, 0.2) is 11.6 Å². The Morgan fingerprint density at radius 1 is 0.939 bits per heavy atom. The highest BCUT2D eigenvalue weighted by Crippen LogP contribution is 2.33. The number of likely N-dealkylation sites (N-methyl/N-ethyl adjacent to an activating group) is 1. The van der Waals surface area contributed by atoms with E-state index in [0.29, 0.717) is 22.0 Å². The minimum atomic E-state index is -4.08. The lowest BCUT2D eigenvalue weighted by Crippen LogP contribution is -2.46. The van der Waals surface area contributed by atoms with Crippen molar-refractivity contribution in [2.45, 2.75) is 15.8 Å². The highest BCUT2D eigenvalue weighted by molar-refractivity contribution is 7.94. The van der Waals surface area contributed by atoms with Crippen LogP contribution in [-0.2, 0) is 19.2 Å². The molecular weight excluding hydrogens is 667 g/mol. The third kappa shape index (κ3) is 7.02. The third-order valence-electron chi connectivity index (χ3n) is 7.02. The molecule has 0 aliphatic carbocycles. The Bertz CT molecular complexity index is 2280. The molecule has 49 heavy (non-hydrogen) atoms. The fourth-order valence-corrected chi connectivity index (χ4v) is 6.39. The molecule has 5 aromatic rings. The van der Waals surface area contributed by atoms with Crippen LogP contribution in [-0.4, -0.2) is 47.3 Å². The molecule has 0 radical (unpaired) electrons. The van der Waals surface area contributed by atoms with Crippen LogP contribution in [0.4, 0.5) is 17.2 Å². The fourth-order valence-electron chi connectivity index (χ4n) is 4.60. The van der Waals surface area contributed by atoms with Gasteiger partial charge in [0, 0.05) is 17.6 Å². The number of carbonyl (C=O) groups excluding carboxylic acids is 1. The molecule has 1 aromatic heterocycles. The Balaban J connectivity index is 1.31. The second-order valence-electron chi connectivity index (χ2n) is 10.1. The smallest absolute Gasteiger partial charge is 0.267 e. The normalized spacial score (nSPS) is 13.9. The largest absolute Gasteiger partial charge is 0.325 e. The van der Waals surface area contributed by atoms with Crippen LogP contribution in [0.1, 0.15) is 11.1 Å². The second kappa shape index (κ2) is 14.2. The van der Waals surface area contributed by atoms with Crippen molar-refractivity contribution in [2.24, 2.45) is 15.2 Å². The van der Waals surface area contributed by atoms with E-state index in [9.17, 15) is 23.7 Å². The van der Waals surface area contributed by atoms with Crippen LogP contribution >= 0.6 is 12.0 Å². The number of aromatic nitrogens is 2. The number of anilines is 1. The van der Waals surface area contributed by atoms with Crippen molar-refractivity contribution in [3.05, 3.63) is 120 Å². The van der Waals surface area contributed by atoms with Gasteiger partial charge in [-0.05, 0) is 54.6 Å². The van der Waals surface area contributed by atoms with E-state index in [2.05, 4.69) is 31.7 Å². The van der Waals surface area contributed by atoms with Crippen molar-refractivity contribution in [1.82, 2.24) is 14.1 Å². The molecule has 14 nitrogen and oxygen atoms in total. The molecule has 1 atom stereocenters. The lowest BCUT2D eigenvalue weighted by Gasteiger charge is -2.28. The number of aliphatic imine (C=N–C) groups is 1. The number of carbonyl (C=O) groups is 1. The second-order valence-corrected chi connectivity index (χ2v) is 12.9. The van der Waals surface area contributed by atoms with Gasteiger partial charge in [-0.3, -0.25) is 9.10 Å². The van der Waals surface area contributed by atoms with Crippen molar-refractivity contribution in [3.8, 4) is 23.6 Å². The quantitative estimate of drug-likeness (QED) is 0.0783. The summed E-state index contributed by atoms with van der Waals surface area (Å²) in [6.45, 7) is 0. The molecule has 1 aliphatic rings. The number of hydrogen-bond donors (Lipinski definition) is 1. The molecule has 2 heterocycles. The Morgan fingerprint density at radius 3 is 2.37 bits per heavy atom. The molecule has 0 saturated heterocycles. The zero-order valence-corrected chi connectivity index (χ0v) is 27.0. The van der Waals surface area contributed by atoms with Crippen LogP contribution in [0.25, 0.3) is 5.69 Å². The summed E-state index contributed by atoms with van der Waals surface area (Å²) in [5.74, 6) is -0.620. The predicted molar refractivity (Wildman–Crippen MR) is 179 cm³/mol. The highest BCUT2D eigenvalue weighted by atomic mass is 32.2. The number of amides is 1. The molecule has 0 spiro atoms. The van der Waals surface area contributed by atoms with Crippen LogP contribution in [0.5, 0.6) is 5.75 Å². The van der Waals surface area contributed by atoms with Crippen molar-refractivity contribution < 1.29 is 22.4 Å². The Labute approximate surface area is 284 Å². The number of nitrogens with one attached hydrogen (secondary N) is 1. The van der Waals surface area contributed by atoms with Crippen LogP contribution in [0, 0.1) is 22.7 Å². The molecule has 1 amide bonds. The summed E-state index contributed by atoms with van der Waals surface area (Å²) < 4.78 is 34.1. The van der Waals surface area contributed by atoms with E-state index >= 15 is 0 Å². The molecule has 0 bridgehead atoms. The first kappa shape index (κ1) is 32.6. The van der Waals surface area contributed by atoms with E-state index in [-0.39, 0.29) is 33.4 Å². The summed E-state index contributed by atoms with van der Waals surface area (Å²) in [5, 5.41) is 35.1. The Hall–Kier alpha value is -6.33. The van der Waals surface area contributed by atoms with Gasteiger partial charge in [0.2, 0.25) is 11.9 Å². The van der Waals surface area contributed by atoms with Gasteiger partial charge >= 0.3 is 0 Å². The topological polar surface area (TPSA) is 187 Å². The lowest BCUT2D eigenvalue weighted by molar-refractivity contribution is -0.116. The maximum atomic E-state index is 13.6. The van der Waals surface area contributed by atoms with E-state index in [1.165, 1.54) is 30.1 Å². The fraction of sp³-hybridized carbons (Fsp3) is 0.0606. The van der Waals surface area contributed by atoms with Gasteiger partial charge in [-0.2, -0.15) is 15.6 Å². The van der Waals surface area contributed by atoms with E-state index in [1.807, 2.05) is 12.1 Å². The van der Waals surface area contributed by atoms with Gasteiger partial charge in [0.05, 0.1) is 35.2 Å². The first-order valence-corrected chi connectivity index (χ1v) is 16.5. The van der Waals surface area contributed by atoms with Crippen molar-refractivity contribution in [2.75, 3.05) is 12.4 Å². The number of fused-ring (bicyclic) bond motifs is 1. The summed E-state index contributed by atoms with van der Waals surface area (Å²) in [6.07, 6.45) is 1.36. The molecule has 1 aliphatic heterocycles. The van der Waals surface area contributed by atoms with Gasteiger partial charge < -0.3 is 10.2 Å². The predicted octanol–water partition coefficient (Wildman–Crippen LogP) is 6.09. The van der Waals surface area contributed by atoms with E-state index < -0.39 is 22.0 Å². The number of amidine groups is 1. The van der Waals surface area contributed by atoms with Gasteiger partial charge in [-0.15, -0.1) is 14.5 Å². The molecule has 6 rings (SSSR count). The standard InChI is InChI=1S/C33H23N9O5S2/c1-41-32(37-27-14-8-9-15-29(27)49(41,44)45)30(33(43)36-24-10-4-2-5-11-24)38-39-31-23(20-35)21-42(40-31)28-17-16-26(18-22(28)19-34)48-47-46-25-12-6-3-7-13-25/h2-18,21,30H,1H3,(H,36,43). The van der Waals surface area contributed by atoms with Crippen molar-refractivity contribution in [1.29, 1.82) is 10.5 Å². The lowest BCUT2D eigenvalue weighted by atomic mass is 10.2.